The van der Waals surface area contributed by atoms with Crippen LogP contribution in [0.3, 0.4) is 0 Å². The van der Waals surface area contributed by atoms with Crippen LogP contribution >= 0.6 is 0 Å². The number of carbonyl (C=O) groups is 1. The first-order valence-electron chi connectivity index (χ1n) is 7.48. The normalized spacial score (nSPS) is 15.3. The van der Waals surface area contributed by atoms with Gasteiger partial charge >= 0.3 is 5.97 Å². The first-order chi connectivity index (χ1) is 9.87. The summed E-state index contributed by atoms with van der Waals surface area (Å²) in [5.41, 5.74) is 2.41. The summed E-state index contributed by atoms with van der Waals surface area (Å²) in [6, 6.07) is 5.79. The molecule has 22 heavy (non-hydrogen) atoms. The van der Waals surface area contributed by atoms with E-state index in [0.29, 0.717) is 5.56 Å². The summed E-state index contributed by atoms with van der Waals surface area (Å²) < 4.78 is 4.50. The van der Waals surface area contributed by atoms with E-state index in [-0.39, 0.29) is 10.8 Å². The van der Waals surface area contributed by atoms with Crippen molar-refractivity contribution in [2.45, 2.75) is 64.6 Å². The van der Waals surface area contributed by atoms with Crippen molar-refractivity contribution in [3.05, 3.63) is 34.9 Å². The highest BCUT2D eigenvalue weighted by Crippen LogP contribution is 2.32. The molecule has 0 bridgehead atoms. The van der Waals surface area contributed by atoms with Crippen LogP contribution < -0.4 is 0 Å². The second-order valence-electron chi connectivity index (χ2n) is 7.76. The Morgan fingerprint density at radius 1 is 0.955 bits per heavy atom. The highest BCUT2D eigenvalue weighted by Gasteiger charge is 2.29. The Kier molecular flexibility index (Phi) is 5.42. The smallest absolute Gasteiger partial charge is 0.337 e. The fourth-order valence-electron chi connectivity index (χ4n) is 2.12. The maximum Gasteiger partial charge on any atom is 0.337 e. The molecular weight excluding hydrogens is 280 g/mol. The molecule has 4 nitrogen and oxygen atoms in total. The molecule has 0 aromatic heterocycles. The van der Waals surface area contributed by atoms with Crippen LogP contribution in [0.4, 0.5) is 0 Å². The van der Waals surface area contributed by atoms with Gasteiger partial charge in [-0.2, -0.15) is 0 Å². The number of benzene rings is 1. The van der Waals surface area contributed by atoms with Crippen molar-refractivity contribution < 1.29 is 19.7 Å². The number of methoxy groups -OCH3 is 1. The Morgan fingerprint density at radius 3 is 1.68 bits per heavy atom. The van der Waals surface area contributed by atoms with Crippen LogP contribution in [-0.4, -0.2) is 29.4 Å². The van der Waals surface area contributed by atoms with Crippen molar-refractivity contribution in [2.75, 3.05) is 7.11 Å². The summed E-state index contributed by atoms with van der Waals surface area (Å²) in [5.74, 6) is -0.842. The van der Waals surface area contributed by atoms with Crippen LogP contribution in [0.1, 0.15) is 64.3 Å². The molecule has 124 valence electrons. The van der Waals surface area contributed by atoms with Gasteiger partial charge in [-0.3, -0.25) is 0 Å². The minimum absolute atomic E-state index is 0.105. The van der Waals surface area contributed by atoms with Crippen LogP contribution in [-0.2, 0) is 20.4 Å². The molecule has 0 aliphatic rings. The molecule has 0 aliphatic heterocycles. The van der Waals surface area contributed by atoms with Crippen LogP contribution in [0.15, 0.2) is 18.2 Å². The van der Waals surface area contributed by atoms with E-state index in [0.717, 1.165) is 11.1 Å². The van der Waals surface area contributed by atoms with Crippen molar-refractivity contribution in [1.82, 2.24) is 0 Å². The van der Waals surface area contributed by atoms with E-state index in [1.54, 1.807) is 0 Å². The minimum atomic E-state index is -1.59. The molecule has 4 heteroatoms. The summed E-state index contributed by atoms with van der Waals surface area (Å²) in [6.45, 7) is 12.5. The molecule has 0 saturated heterocycles. The van der Waals surface area contributed by atoms with Crippen molar-refractivity contribution in [3.8, 4) is 0 Å². The summed E-state index contributed by atoms with van der Waals surface area (Å²) in [5, 5.41) is 20.2. The largest absolute Gasteiger partial charge is 0.467 e. The van der Waals surface area contributed by atoms with Gasteiger partial charge in [0.1, 0.15) is 6.10 Å². The molecule has 0 fully saturated rings. The number of esters is 1. The summed E-state index contributed by atoms with van der Waals surface area (Å²) in [7, 11) is 1.18. The summed E-state index contributed by atoms with van der Waals surface area (Å²) in [4.78, 5) is 11.5. The zero-order valence-corrected chi connectivity index (χ0v) is 14.6. The van der Waals surface area contributed by atoms with E-state index in [9.17, 15) is 15.0 Å². The van der Waals surface area contributed by atoms with E-state index in [2.05, 4.69) is 52.3 Å². The summed E-state index contributed by atoms with van der Waals surface area (Å²) >= 11 is 0. The predicted molar refractivity (Wildman–Crippen MR) is 86.8 cm³/mol. The van der Waals surface area contributed by atoms with Crippen molar-refractivity contribution in [2.24, 2.45) is 0 Å². The Balaban J connectivity index is 3.38. The average Bonchev–Trinajstić information content (AvgIpc) is 2.42. The van der Waals surface area contributed by atoms with Crippen LogP contribution in [0, 0.1) is 0 Å². The first-order valence-corrected chi connectivity index (χ1v) is 7.48. The number of aliphatic hydroxyl groups excluding tert-OH is 2. The van der Waals surface area contributed by atoms with Gasteiger partial charge in [0.15, 0.2) is 6.10 Å². The Hall–Kier alpha value is -1.39. The molecule has 0 spiro atoms. The zero-order valence-electron chi connectivity index (χ0n) is 14.6. The zero-order chi connectivity index (χ0) is 17.3. The number of hydrogen-bond acceptors (Lipinski definition) is 4. The number of rotatable bonds is 3. The van der Waals surface area contributed by atoms with Gasteiger partial charge in [0.25, 0.3) is 0 Å². The second kappa shape index (κ2) is 6.39. The van der Waals surface area contributed by atoms with Gasteiger partial charge in [-0.1, -0.05) is 59.7 Å². The van der Waals surface area contributed by atoms with E-state index in [1.807, 2.05) is 12.1 Å². The topological polar surface area (TPSA) is 66.8 Å². The Bertz CT molecular complexity index is 503. The maximum absolute atomic E-state index is 11.5. The molecule has 0 amide bonds. The van der Waals surface area contributed by atoms with E-state index < -0.39 is 18.2 Å². The second-order valence-corrected chi connectivity index (χ2v) is 7.76. The van der Waals surface area contributed by atoms with Crippen molar-refractivity contribution in [3.63, 3.8) is 0 Å². The molecule has 1 aromatic carbocycles. The van der Waals surface area contributed by atoms with Crippen LogP contribution in [0.2, 0.25) is 0 Å². The average molecular weight is 308 g/mol. The third-order valence-corrected chi connectivity index (χ3v) is 3.77. The molecule has 0 heterocycles. The van der Waals surface area contributed by atoms with Gasteiger partial charge in [0.2, 0.25) is 0 Å². The fraction of sp³-hybridized carbons (Fsp3) is 0.611. The monoisotopic (exact) mass is 308 g/mol. The van der Waals surface area contributed by atoms with Crippen molar-refractivity contribution in [1.29, 1.82) is 0 Å². The minimum Gasteiger partial charge on any atom is -0.467 e. The van der Waals surface area contributed by atoms with Gasteiger partial charge in [0.05, 0.1) is 7.11 Å². The summed E-state index contributed by atoms with van der Waals surface area (Å²) in [6.07, 6.45) is -2.90. The third-order valence-electron chi connectivity index (χ3n) is 3.77. The number of ether oxygens (including phenoxy) is 1. The fourth-order valence-corrected chi connectivity index (χ4v) is 2.12. The molecule has 0 aliphatic carbocycles. The predicted octanol–water partition coefficient (Wildman–Crippen LogP) is 2.85. The Labute approximate surface area is 133 Å². The molecule has 1 aromatic rings. The molecule has 2 atom stereocenters. The van der Waals surface area contributed by atoms with E-state index in [4.69, 9.17) is 0 Å². The standard InChI is InChI=1S/C18H28O4/c1-17(2,3)12-8-11(9-13(10-12)18(4,5)6)14(19)15(20)16(21)22-7/h8-10,14-15,19-20H,1-7H3. The van der Waals surface area contributed by atoms with Gasteiger partial charge < -0.3 is 14.9 Å². The molecule has 0 radical (unpaired) electrons. The van der Waals surface area contributed by atoms with Crippen molar-refractivity contribution >= 4 is 5.97 Å². The lowest BCUT2D eigenvalue weighted by Gasteiger charge is -2.27. The van der Waals surface area contributed by atoms with Crippen LogP contribution in [0.25, 0.3) is 0 Å². The number of hydrogen-bond donors (Lipinski definition) is 2. The highest BCUT2D eigenvalue weighted by atomic mass is 16.5. The lowest BCUT2D eigenvalue weighted by Crippen LogP contribution is -2.29. The van der Waals surface area contributed by atoms with Gasteiger partial charge in [-0.05, 0) is 27.5 Å². The lowest BCUT2D eigenvalue weighted by molar-refractivity contribution is -0.156. The van der Waals surface area contributed by atoms with E-state index >= 15 is 0 Å². The molecule has 0 saturated carbocycles. The van der Waals surface area contributed by atoms with Gasteiger partial charge in [0, 0.05) is 0 Å². The maximum atomic E-state index is 11.5. The first kappa shape index (κ1) is 18.7. The SMILES string of the molecule is COC(=O)C(O)C(O)c1cc(C(C)(C)C)cc(C(C)(C)C)c1. The van der Waals surface area contributed by atoms with Crippen LogP contribution in [0.5, 0.6) is 0 Å². The van der Waals surface area contributed by atoms with Gasteiger partial charge in [-0.15, -0.1) is 0 Å². The lowest BCUT2D eigenvalue weighted by atomic mass is 9.79. The molecule has 1 rings (SSSR count). The highest BCUT2D eigenvalue weighted by molar-refractivity contribution is 5.75. The van der Waals surface area contributed by atoms with E-state index in [1.165, 1.54) is 7.11 Å². The molecule has 2 N–H and O–H groups in total. The number of carbonyl (C=O) groups excluding carboxylic acids is 1. The molecular formula is C18H28O4. The third kappa shape index (κ3) is 4.31. The molecule has 2 unspecified atom stereocenters. The van der Waals surface area contributed by atoms with Gasteiger partial charge in [-0.25, -0.2) is 4.79 Å². The Morgan fingerprint density at radius 2 is 1.36 bits per heavy atom. The number of aliphatic hydroxyl groups is 2. The quantitative estimate of drug-likeness (QED) is 0.843.